The minimum absolute atomic E-state index is 0.119. The molecule has 5 nitrogen and oxygen atoms in total. The van der Waals surface area contributed by atoms with Crippen molar-refractivity contribution in [1.29, 1.82) is 0 Å². The second-order valence-corrected chi connectivity index (χ2v) is 5.25. The summed E-state index contributed by atoms with van der Waals surface area (Å²) in [6.07, 6.45) is 3.85. The maximum Gasteiger partial charge on any atom is 0.251 e. The third-order valence-electron chi connectivity index (χ3n) is 3.30. The molecule has 1 aliphatic rings. The number of carbonyl (C=O) groups is 1. The van der Waals surface area contributed by atoms with Crippen LogP contribution in [0.3, 0.4) is 0 Å². The van der Waals surface area contributed by atoms with E-state index in [4.69, 9.17) is 21.1 Å². The molecule has 0 saturated heterocycles. The topological polar surface area (TPSA) is 60.5 Å². The molecule has 1 aromatic heterocycles. The third-order valence-corrected chi connectivity index (χ3v) is 3.58. The van der Waals surface area contributed by atoms with E-state index in [1.54, 1.807) is 24.5 Å². The molecule has 0 radical (unpaired) electrons. The highest BCUT2D eigenvalue weighted by Gasteiger charge is 2.16. The van der Waals surface area contributed by atoms with Crippen LogP contribution in [-0.2, 0) is 6.42 Å². The number of ether oxygens (including phenoxy) is 2. The Labute approximate surface area is 133 Å². The number of pyridine rings is 1. The highest BCUT2D eigenvalue weighted by Crippen LogP contribution is 2.38. The number of halogens is 1. The number of benzene rings is 1. The van der Waals surface area contributed by atoms with Gasteiger partial charge in [0.1, 0.15) is 13.2 Å². The molecule has 0 spiro atoms. The summed E-state index contributed by atoms with van der Waals surface area (Å²) in [5.41, 5.74) is 1.58. The number of carbonyl (C=O) groups excluding carboxylic acids is 1. The predicted octanol–water partition coefficient (Wildman–Crippen LogP) is 2.48. The van der Waals surface area contributed by atoms with Gasteiger partial charge in [-0.05, 0) is 36.2 Å². The largest absolute Gasteiger partial charge is 0.486 e. The first-order chi connectivity index (χ1) is 10.7. The second-order valence-electron chi connectivity index (χ2n) is 4.84. The summed E-state index contributed by atoms with van der Waals surface area (Å²) in [7, 11) is 0. The van der Waals surface area contributed by atoms with Crippen molar-refractivity contribution in [1.82, 2.24) is 10.3 Å². The second kappa shape index (κ2) is 6.66. The van der Waals surface area contributed by atoms with E-state index in [2.05, 4.69) is 10.3 Å². The van der Waals surface area contributed by atoms with Crippen LogP contribution in [0, 0.1) is 0 Å². The number of hydrogen-bond donors (Lipinski definition) is 1. The SMILES string of the molecule is O=C(NCCc1cc(Cl)c2c(c1)OCCO2)c1ccncc1. The molecule has 6 heteroatoms. The van der Waals surface area contributed by atoms with E-state index in [1.807, 2.05) is 12.1 Å². The molecular weight excluding hydrogens is 304 g/mol. The standard InChI is InChI=1S/C16H15ClN2O3/c17-13-9-11(10-14-15(13)22-8-7-21-14)1-6-19-16(20)12-2-4-18-5-3-12/h2-5,9-10H,1,6-8H2,(H,19,20). The van der Waals surface area contributed by atoms with Crippen LogP contribution in [0.4, 0.5) is 0 Å². The monoisotopic (exact) mass is 318 g/mol. The quantitative estimate of drug-likeness (QED) is 0.941. The molecule has 0 saturated carbocycles. The minimum atomic E-state index is -0.119. The number of nitrogens with one attached hydrogen (secondary N) is 1. The highest BCUT2D eigenvalue weighted by atomic mass is 35.5. The molecule has 0 aliphatic carbocycles. The molecule has 2 aromatic rings. The van der Waals surface area contributed by atoms with E-state index in [0.717, 1.165) is 5.56 Å². The van der Waals surface area contributed by atoms with Gasteiger partial charge in [0.05, 0.1) is 5.02 Å². The van der Waals surface area contributed by atoms with Gasteiger partial charge in [-0.25, -0.2) is 0 Å². The molecule has 0 bridgehead atoms. The summed E-state index contributed by atoms with van der Waals surface area (Å²) in [5, 5.41) is 3.40. The Balaban J connectivity index is 1.60. The molecular formula is C16H15ClN2O3. The van der Waals surface area contributed by atoms with Crippen molar-refractivity contribution in [3.05, 3.63) is 52.8 Å². The summed E-state index contributed by atoms with van der Waals surface area (Å²) in [4.78, 5) is 15.8. The third kappa shape index (κ3) is 3.31. The number of aromatic nitrogens is 1. The Morgan fingerprint density at radius 2 is 2.00 bits per heavy atom. The van der Waals surface area contributed by atoms with E-state index in [1.165, 1.54) is 0 Å². The average Bonchev–Trinajstić information content (AvgIpc) is 2.56. The molecule has 0 unspecified atom stereocenters. The van der Waals surface area contributed by atoms with Crippen molar-refractivity contribution in [2.45, 2.75) is 6.42 Å². The van der Waals surface area contributed by atoms with Crippen molar-refractivity contribution < 1.29 is 14.3 Å². The number of nitrogens with zero attached hydrogens (tertiary/aromatic N) is 1. The number of fused-ring (bicyclic) bond motifs is 1. The number of hydrogen-bond acceptors (Lipinski definition) is 4. The summed E-state index contributed by atoms with van der Waals surface area (Å²) < 4.78 is 11.0. The first-order valence-corrected chi connectivity index (χ1v) is 7.38. The fourth-order valence-corrected chi connectivity index (χ4v) is 2.52. The first-order valence-electron chi connectivity index (χ1n) is 7.00. The Morgan fingerprint density at radius 3 is 2.82 bits per heavy atom. The van der Waals surface area contributed by atoms with E-state index in [0.29, 0.717) is 48.3 Å². The molecule has 1 amide bonds. The van der Waals surface area contributed by atoms with Crippen LogP contribution in [0.2, 0.25) is 5.02 Å². The predicted molar refractivity (Wildman–Crippen MR) is 82.7 cm³/mol. The molecule has 1 aromatic carbocycles. The normalized spacial score (nSPS) is 12.8. The molecule has 114 valence electrons. The summed E-state index contributed by atoms with van der Waals surface area (Å²) in [5.74, 6) is 1.14. The molecule has 22 heavy (non-hydrogen) atoms. The van der Waals surface area contributed by atoms with Crippen LogP contribution in [-0.4, -0.2) is 30.6 Å². The fourth-order valence-electron chi connectivity index (χ4n) is 2.23. The van der Waals surface area contributed by atoms with Gasteiger partial charge in [-0.2, -0.15) is 0 Å². The van der Waals surface area contributed by atoms with Gasteiger partial charge in [0.25, 0.3) is 5.91 Å². The molecule has 1 aliphatic heterocycles. The molecule has 1 N–H and O–H groups in total. The first kappa shape index (κ1) is 14.7. The molecule has 3 rings (SSSR count). The zero-order valence-corrected chi connectivity index (χ0v) is 12.6. The van der Waals surface area contributed by atoms with Crippen molar-refractivity contribution >= 4 is 17.5 Å². The lowest BCUT2D eigenvalue weighted by Gasteiger charge is -2.20. The van der Waals surface area contributed by atoms with Gasteiger partial charge in [-0.3, -0.25) is 9.78 Å². The average molecular weight is 319 g/mol. The van der Waals surface area contributed by atoms with Crippen LogP contribution in [0.1, 0.15) is 15.9 Å². The lowest BCUT2D eigenvalue weighted by Crippen LogP contribution is -2.25. The smallest absolute Gasteiger partial charge is 0.251 e. The molecule has 2 heterocycles. The van der Waals surface area contributed by atoms with Crippen molar-refractivity contribution in [3.63, 3.8) is 0 Å². The maximum atomic E-state index is 11.9. The van der Waals surface area contributed by atoms with Crippen LogP contribution >= 0.6 is 11.6 Å². The van der Waals surface area contributed by atoms with E-state index >= 15 is 0 Å². The van der Waals surface area contributed by atoms with Gasteiger partial charge in [0.2, 0.25) is 0 Å². The minimum Gasteiger partial charge on any atom is -0.486 e. The fraction of sp³-hybridized carbons (Fsp3) is 0.250. The van der Waals surface area contributed by atoms with Crippen LogP contribution in [0.15, 0.2) is 36.7 Å². The van der Waals surface area contributed by atoms with Gasteiger partial charge < -0.3 is 14.8 Å². The molecule has 0 atom stereocenters. The van der Waals surface area contributed by atoms with Crippen LogP contribution < -0.4 is 14.8 Å². The lowest BCUT2D eigenvalue weighted by atomic mass is 10.1. The van der Waals surface area contributed by atoms with E-state index in [-0.39, 0.29) is 5.91 Å². The zero-order valence-electron chi connectivity index (χ0n) is 11.8. The summed E-state index contributed by atoms with van der Waals surface area (Å²) in [6, 6.07) is 7.10. The van der Waals surface area contributed by atoms with Gasteiger partial charge in [0.15, 0.2) is 11.5 Å². The van der Waals surface area contributed by atoms with E-state index in [9.17, 15) is 4.79 Å². The Bertz CT molecular complexity index is 677. The van der Waals surface area contributed by atoms with Gasteiger partial charge in [0, 0.05) is 24.5 Å². The Hall–Kier alpha value is -2.27. The van der Waals surface area contributed by atoms with Crippen molar-refractivity contribution in [2.24, 2.45) is 0 Å². The van der Waals surface area contributed by atoms with E-state index < -0.39 is 0 Å². The zero-order chi connectivity index (χ0) is 15.4. The van der Waals surface area contributed by atoms with Gasteiger partial charge in [-0.1, -0.05) is 11.6 Å². The van der Waals surface area contributed by atoms with Gasteiger partial charge in [-0.15, -0.1) is 0 Å². The van der Waals surface area contributed by atoms with Crippen LogP contribution in [0.25, 0.3) is 0 Å². The molecule has 0 fully saturated rings. The lowest BCUT2D eigenvalue weighted by molar-refractivity contribution is 0.0954. The number of amides is 1. The highest BCUT2D eigenvalue weighted by molar-refractivity contribution is 6.32. The Morgan fingerprint density at radius 1 is 1.23 bits per heavy atom. The van der Waals surface area contributed by atoms with Crippen molar-refractivity contribution in [2.75, 3.05) is 19.8 Å². The van der Waals surface area contributed by atoms with Crippen LogP contribution in [0.5, 0.6) is 11.5 Å². The van der Waals surface area contributed by atoms with Crippen molar-refractivity contribution in [3.8, 4) is 11.5 Å². The maximum absolute atomic E-state index is 11.9. The summed E-state index contributed by atoms with van der Waals surface area (Å²) >= 11 is 6.19. The number of rotatable bonds is 4. The Kier molecular flexibility index (Phi) is 4.44. The van der Waals surface area contributed by atoms with Gasteiger partial charge >= 0.3 is 0 Å². The summed E-state index contributed by atoms with van der Waals surface area (Å²) in [6.45, 7) is 1.54.